The van der Waals surface area contributed by atoms with Crippen LogP contribution in [0.15, 0.2) is 109 Å². The molecule has 0 radical (unpaired) electrons. The average molecular weight is 858 g/mol. The first-order chi connectivity index (χ1) is 22.4. The number of fused-ring (bicyclic) bond motifs is 2. The molecule has 6 aromatic rings. The van der Waals surface area contributed by atoms with Crippen LogP contribution in [0, 0.1) is 0 Å². The number of aryl methyl sites for hydroxylation is 4. The van der Waals surface area contributed by atoms with E-state index in [4.69, 9.17) is 0 Å². The SMILES string of the molecule is CCCc1cc(CCC)c2cc(-c3ccccc3)[cH-]c2c1.CCCc1cc(CCC)c2cc(-c3ccccc3)[cH-]c2c1.C[Si](C)=[Hf+2].[Cl-].[Cl-]. The summed E-state index contributed by atoms with van der Waals surface area (Å²) < 4.78 is 0. The van der Waals surface area contributed by atoms with Gasteiger partial charge in [0.25, 0.3) is 0 Å². The van der Waals surface area contributed by atoms with E-state index in [0.29, 0.717) is 0 Å². The van der Waals surface area contributed by atoms with Crippen molar-refractivity contribution >= 4 is 27.0 Å². The number of halogens is 2. The van der Waals surface area contributed by atoms with Crippen molar-refractivity contribution in [2.45, 2.75) is 92.2 Å². The second kappa shape index (κ2) is 21.8. The van der Waals surface area contributed by atoms with Gasteiger partial charge in [0.1, 0.15) is 0 Å². The van der Waals surface area contributed by atoms with E-state index in [9.17, 15) is 0 Å². The van der Waals surface area contributed by atoms with Crippen molar-refractivity contribution in [1.82, 2.24) is 0 Å². The second-order valence-corrected chi connectivity index (χ2v) is 25.5. The molecule has 0 nitrogen and oxygen atoms in total. The number of rotatable bonds is 10. The molecule has 6 rings (SSSR count). The molecule has 4 heteroatoms. The van der Waals surface area contributed by atoms with Gasteiger partial charge in [-0.05, 0) is 25.7 Å². The first-order valence-corrected chi connectivity index (χ1v) is 25.3. The zero-order valence-electron chi connectivity index (χ0n) is 29.8. The molecule has 0 unspecified atom stereocenters. The summed E-state index contributed by atoms with van der Waals surface area (Å²) in [5.74, 6) is 0. The molecule has 0 fully saturated rings. The second-order valence-electron chi connectivity index (χ2n) is 12.7. The predicted octanol–water partition coefficient (Wildman–Crippen LogP) is 7.05. The van der Waals surface area contributed by atoms with Crippen molar-refractivity contribution in [3.8, 4) is 22.3 Å². The third kappa shape index (κ3) is 12.0. The fourth-order valence-corrected chi connectivity index (χ4v) is 6.35. The van der Waals surface area contributed by atoms with E-state index in [1.807, 2.05) is 0 Å². The molecule has 0 aliphatic heterocycles. The minimum atomic E-state index is 0. The molecule has 0 saturated heterocycles. The number of hydrogen-bond acceptors (Lipinski definition) is 0. The first-order valence-electron chi connectivity index (χ1n) is 17.4. The predicted molar refractivity (Wildman–Crippen MR) is 203 cm³/mol. The van der Waals surface area contributed by atoms with Gasteiger partial charge >= 0.3 is 41.6 Å². The Morgan fingerprint density at radius 3 is 1.15 bits per heavy atom. The summed E-state index contributed by atoms with van der Waals surface area (Å²) >= 11 is 1.45. The average Bonchev–Trinajstić information content (AvgIpc) is 3.68. The van der Waals surface area contributed by atoms with Crippen LogP contribution in [0.5, 0.6) is 0 Å². The van der Waals surface area contributed by atoms with Crippen LogP contribution >= 0.6 is 0 Å². The summed E-state index contributed by atoms with van der Waals surface area (Å²) in [6.07, 6.45) is 9.54. The fraction of sp³-hybridized carbons (Fsp3) is 0.318. The molecule has 0 aliphatic carbocycles. The molecule has 48 heavy (non-hydrogen) atoms. The third-order valence-electron chi connectivity index (χ3n) is 8.27. The Bertz CT molecular complexity index is 1680. The molecule has 0 bridgehead atoms. The van der Waals surface area contributed by atoms with Gasteiger partial charge in [-0.3, -0.25) is 0 Å². The van der Waals surface area contributed by atoms with Crippen LogP contribution in [0.3, 0.4) is 0 Å². The molecule has 0 amide bonds. The molecular formula is C44H52Cl2HfSi-2. The van der Waals surface area contributed by atoms with Crippen LogP contribution in [0.1, 0.15) is 75.6 Å². The zero-order chi connectivity index (χ0) is 32.9. The van der Waals surface area contributed by atoms with E-state index in [0.717, 1.165) is 0 Å². The smallest absolute Gasteiger partial charge is 1.00 e. The van der Waals surface area contributed by atoms with E-state index >= 15 is 0 Å². The number of benzene rings is 4. The molecule has 0 saturated carbocycles. The molecule has 252 valence electrons. The summed E-state index contributed by atoms with van der Waals surface area (Å²) in [6, 6.07) is 40.4. The molecule has 0 atom stereocenters. The quantitative estimate of drug-likeness (QED) is 0.102. The molecule has 0 spiro atoms. The minimum Gasteiger partial charge on any atom is -1.00 e. The third-order valence-corrected chi connectivity index (χ3v) is 8.27. The maximum atomic E-state index is 2.42. The fourth-order valence-electron chi connectivity index (χ4n) is 6.35. The molecule has 0 aliphatic rings. The topological polar surface area (TPSA) is 0 Å². The normalized spacial score (nSPS) is 10.3. The summed E-state index contributed by atoms with van der Waals surface area (Å²) in [6.45, 7) is 13.7. The van der Waals surface area contributed by atoms with Gasteiger partial charge in [-0.1, -0.05) is 160 Å². The summed E-state index contributed by atoms with van der Waals surface area (Å²) in [5, 5.41) is 5.69. The molecular weight excluding hydrogens is 806 g/mol. The van der Waals surface area contributed by atoms with Crippen molar-refractivity contribution in [3.05, 3.63) is 131 Å². The van der Waals surface area contributed by atoms with Crippen LogP contribution in [-0.4, -0.2) is 5.49 Å². The van der Waals surface area contributed by atoms with Gasteiger partial charge in [0.05, 0.1) is 0 Å². The monoisotopic (exact) mass is 858 g/mol. The van der Waals surface area contributed by atoms with Crippen LogP contribution in [0.2, 0.25) is 13.1 Å². The zero-order valence-corrected chi connectivity index (χ0v) is 35.9. The van der Waals surface area contributed by atoms with Crippen LogP contribution in [-0.2, 0) is 48.7 Å². The van der Waals surface area contributed by atoms with Gasteiger partial charge in [-0.25, -0.2) is 0 Å². The van der Waals surface area contributed by atoms with Gasteiger partial charge in [-0.2, -0.15) is 0 Å². The Labute approximate surface area is 318 Å². The van der Waals surface area contributed by atoms with E-state index in [1.54, 1.807) is 0 Å². The van der Waals surface area contributed by atoms with Gasteiger partial charge in [-0.15, -0.1) is 69.1 Å². The van der Waals surface area contributed by atoms with Gasteiger partial charge in [0.15, 0.2) is 0 Å². The maximum Gasteiger partial charge on any atom is -1.00 e. The van der Waals surface area contributed by atoms with Gasteiger partial charge in [0, 0.05) is 0 Å². The molecule has 0 aromatic heterocycles. The van der Waals surface area contributed by atoms with Crippen LogP contribution in [0.4, 0.5) is 0 Å². The van der Waals surface area contributed by atoms with E-state index in [2.05, 4.69) is 150 Å². The summed E-state index contributed by atoms with van der Waals surface area (Å²) in [7, 11) is 0. The van der Waals surface area contributed by atoms with Crippen molar-refractivity contribution < 1.29 is 47.8 Å². The van der Waals surface area contributed by atoms with E-state index in [1.165, 1.54) is 140 Å². The Morgan fingerprint density at radius 2 is 0.833 bits per heavy atom. The Balaban J connectivity index is 0.000000289. The van der Waals surface area contributed by atoms with Crippen molar-refractivity contribution in [2.75, 3.05) is 0 Å². The number of hydrogen-bond donors (Lipinski definition) is 0. The van der Waals surface area contributed by atoms with E-state index < -0.39 is 0 Å². The Morgan fingerprint density at radius 1 is 0.500 bits per heavy atom. The van der Waals surface area contributed by atoms with Gasteiger partial charge < -0.3 is 24.8 Å². The maximum absolute atomic E-state index is 2.42. The standard InChI is InChI=1S/2C21H23.C2H6Si.2ClH.Hf/c2*1-3-8-16-12-18(9-4-2)21-15-19(14-20(21)13-16)17-10-6-5-7-11-17;1-3-2;;;/h2*5-7,10-15H,3-4,8-9H2,1-2H3;1-2H3;2*1H;/q2*-1;;;;+2/p-2. The van der Waals surface area contributed by atoms with Crippen molar-refractivity contribution in [3.63, 3.8) is 0 Å². The van der Waals surface area contributed by atoms with Gasteiger partial charge in [0.2, 0.25) is 0 Å². The minimum absolute atomic E-state index is 0. The molecule has 0 N–H and O–H groups in total. The van der Waals surface area contributed by atoms with Crippen LogP contribution < -0.4 is 24.8 Å². The first kappa shape index (κ1) is 41.9. The summed E-state index contributed by atoms with van der Waals surface area (Å²) in [5.41, 5.74) is 11.6. The Kier molecular flexibility index (Phi) is 19.0. The van der Waals surface area contributed by atoms with Crippen molar-refractivity contribution in [2.24, 2.45) is 0 Å². The van der Waals surface area contributed by atoms with Crippen molar-refractivity contribution in [1.29, 1.82) is 0 Å². The molecule has 0 heterocycles. The Hall–Kier alpha value is -2.23. The van der Waals surface area contributed by atoms with E-state index in [-0.39, 0.29) is 30.3 Å². The molecule has 6 aromatic carbocycles. The summed E-state index contributed by atoms with van der Waals surface area (Å²) in [4.78, 5) is 0. The van der Waals surface area contributed by atoms with Crippen LogP contribution in [0.25, 0.3) is 43.8 Å². The largest absolute Gasteiger partial charge is 1.00 e.